The van der Waals surface area contributed by atoms with Crippen LogP contribution in [0.15, 0.2) is 23.2 Å². The van der Waals surface area contributed by atoms with Crippen molar-refractivity contribution in [3.8, 4) is 0 Å². The maximum absolute atomic E-state index is 13.6. The molecule has 0 aliphatic carbocycles. The zero-order valence-corrected chi connectivity index (χ0v) is 16.5. The average Bonchev–Trinajstić information content (AvgIpc) is 2.95. The van der Waals surface area contributed by atoms with Crippen molar-refractivity contribution in [1.29, 1.82) is 0 Å². The lowest BCUT2D eigenvalue weighted by atomic mass is 10.0. The van der Waals surface area contributed by atoms with Gasteiger partial charge in [-0.05, 0) is 56.9 Å². The Morgan fingerprint density at radius 2 is 2.12 bits per heavy atom. The number of aliphatic imine (C=N–C) groups is 1. The Hall–Kier alpha value is -0.960. The fourth-order valence-electron chi connectivity index (χ4n) is 2.60. The molecule has 1 aromatic rings. The van der Waals surface area contributed by atoms with Gasteiger partial charge in [0.2, 0.25) is 0 Å². The molecular formula is C17H26F2IN3O. The van der Waals surface area contributed by atoms with E-state index in [0.29, 0.717) is 31.0 Å². The van der Waals surface area contributed by atoms with Gasteiger partial charge in [0.15, 0.2) is 5.96 Å². The van der Waals surface area contributed by atoms with Crippen molar-refractivity contribution in [2.75, 3.05) is 26.2 Å². The number of hydrogen-bond donors (Lipinski definition) is 2. The summed E-state index contributed by atoms with van der Waals surface area (Å²) in [5, 5.41) is 6.30. The van der Waals surface area contributed by atoms with Gasteiger partial charge in [0.05, 0.1) is 12.1 Å². The van der Waals surface area contributed by atoms with E-state index in [4.69, 9.17) is 4.74 Å². The summed E-state index contributed by atoms with van der Waals surface area (Å²) in [5.74, 6) is -0.142. The molecule has 1 unspecified atom stereocenters. The Bertz CT molecular complexity index is 549. The second-order valence-electron chi connectivity index (χ2n) is 6.01. The average molecular weight is 453 g/mol. The molecule has 4 nitrogen and oxygen atoms in total. The molecule has 24 heavy (non-hydrogen) atoms. The van der Waals surface area contributed by atoms with Crippen molar-refractivity contribution in [3.63, 3.8) is 0 Å². The first-order valence-electron chi connectivity index (χ1n) is 8.12. The van der Waals surface area contributed by atoms with Gasteiger partial charge in [0.25, 0.3) is 0 Å². The summed E-state index contributed by atoms with van der Waals surface area (Å²) in [5.41, 5.74) is 0.163. The minimum atomic E-state index is -0.423. The standard InChI is InChI=1S/C17H25F2N3O.HI/c1-3-20-16(22-12-17(2)8-4-10-23-17)21-9-7-13-11-14(18)5-6-15(13)19;/h5-6,11H,3-4,7-10,12H2,1-2H3,(H2,20,21,22);1H. The molecule has 1 aliphatic heterocycles. The summed E-state index contributed by atoms with van der Waals surface area (Å²) in [6.07, 6.45) is 2.46. The first kappa shape index (κ1) is 21.1. The third-order valence-electron chi connectivity index (χ3n) is 3.91. The molecular weight excluding hydrogens is 427 g/mol. The lowest BCUT2D eigenvalue weighted by Gasteiger charge is -2.21. The van der Waals surface area contributed by atoms with E-state index in [0.717, 1.165) is 38.1 Å². The van der Waals surface area contributed by atoms with Crippen LogP contribution in [0.5, 0.6) is 0 Å². The van der Waals surface area contributed by atoms with Crippen LogP contribution in [0.4, 0.5) is 8.78 Å². The van der Waals surface area contributed by atoms with Crippen LogP contribution in [0.3, 0.4) is 0 Å². The quantitative estimate of drug-likeness (QED) is 0.395. The summed E-state index contributed by atoms with van der Waals surface area (Å²) < 4.78 is 32.5. The van der Waals surface area contributed by atoms with E-state index in [-0.39, 0.29) is 35.4 Å². The smallest absolute Gasteiger partial charge is 0.191 e. The third-order valence-corrected chi connectivity index (χ3v) is 3.91. The van der Waals surface area contributed by atoms with Crippen LogP contribution in [-0.2, 0) is 11.2 Å². The minimum absolute atomic E-state index is 0. The molecule has 1 aromatic carbocycles. The van der Waals surface area contributed by atoms with E-state index < -0.39 is 5.82 Å². The first-order chi connectivity index (χ1) is 11.0. The highest BCUT2D eigenvalue weighted by atomic mass is 127. The molecule has 1 aliphatic rings. The molecule has 0 amide bonds. The zero-order valence-electron chi connectivity index (χ0n) is 14.2. The second kappa shape index (κ2) is 10.1. The molecule has 0 spiro atoms. The van der Waals surface area contributed by atoms with Gasteiger partial charge in [-0.1, -0.05) is 0 Å². The van der Waals surface area contributed by atoms with Gasteiger partial charge in [-0.2, -0.15) is 0 Å². The largest absolute Gasteiger partial charge is 0.373 e. The van der Waals surface area contributed by atoms with Crippen molar-refractivity contribution >= 4 is 29.9 Å². The highest BCUT2D eigenvalue weighted by Gasteiger charge is 2.29. The van der Waals surface area contributed by atoms with E-state index in [1.165, 1.54) is 6.07 Å². The lowest BCUT2D eigenvalue weighted by molar-refractivity contribution is 0.0283. The second-order valence-corrected chi connectivity index (χ2v) is 6.01. The van der Waals surface area contributed by atoms with Crippen molar-refractivity contribution < 1.29 is 13.5 Å². The van der Waals surface area contributed by atoms with Crippen LogP contribution in [0.2, 0.25) is 0 Å². The Kier molecular flexibility index (Phi) is 8.90. The van der Waals surface area contributed by atoms with Gasteiger partial charge in [0, 0.05) is 19.7 Å². The predicted molar refractivity (Wildman–Crippen MR) is 103 cm³/mol. The summed E-state index contributed by atoms with van der Waals surface area (Å²) in [6, 6.07) is 3.51. The number of halogens is 3. The number of benzene rings is 1. The number of guanidine groups is 1. The Morgan fingerprint density at radius 3 is 2.79 bits per heavy atom. The Labute approximate surface area is 159 Å². The number of nitrogens with zero attached hydrogens (tertiary/aromatic N) is 1. The van der Waals surface area contributed by atoms with Crippen molar-refractivity contribution in [2.45, 2.75) is 38.7 Å². The molecule has 136 valence electrons. The molecule has 2 N–H and O–H groups in total. The van der Waals surface area contributed by atoms with Gasteiger partial charge >= 0.3 is 0 Å². The SMILES string of the molecule is CCNC(=NCC1(C)CCCO1)NCCc1cc(F)ccc1F.I. The summed E-state index contributed by atoms with van der Waals surface area (Å²) in [6.45, 7) is 6.62. The summed E-state index contributed by atoms with van der Waals surface area (Å²) in [7, 11) is 0. The van der Waals surface area contributed by atoms with Gasteiger partial charge in [-0.3, -0.25) is 4.99 Å². The van der Waals surface area contributed by atoms with Crippen LogP contribution in [0, 0.1) is 11.6 Å². The minimum Gasteiger partial charge on any atom is -0.373 e. The molecule has 0 radical (unpaired) electrons. The van der Waals surface area contributed by atoms with E-state index in [9.17, 15) is 8.78 Å². The van der Waals surface area contributed by atoms with Crippen LogP contribution in [0.1, 0.15) is 32.3 Å². The topological polar surface area (TPSA) is 45.7 Å². The van der Waals surface area contributed by atoms with E-state index >= 15 is 0 Å². The number of nitrogens with one attached hydrogen (secondary N) is 2. The fourth-order valence-corrected chi connectivity index (χ4v) is 2.60. The van der Waals surface area contributed by atoms with Gasteiger partial charge in [-0.15, -0.1) is 24.0 Å². The monoisotopic (exact) mass is 453 g/mol. The molecule has 0 saturated carbocycles. The van der Waals surface area contributed by atoms with Crippen LogP contribution < -0.4 is 10.6 Å². The van der Waals surface area contributed by atoms with Crippen LogP contribution >= 0.6 is 24.0 Å². The van der Waals surface area contributed by atoms with Crippen LogP contribution in [-0.4, -0.2) is 37.8 Å². The molecule has 7 heteroatoms. The molecule has 0 bridgehead atoms. The zero-order chi connectivity index (χ0) is 16.7. The van der Waals surface area contributed by atoms with Crippen molar-refractivity contribution in [3.05, 3.63) is 35.4 Å². The van der Waals surface area contributed by atoms with Crippen molar-refractivity contribution in [1.82, 2.24) is 10.6 Å². The summed E-state index contributed by atoms with van der Waals surface area (Å²) >= 11 is 0. The van der Waals surface area contributed by atoms with Gasteiger partial charge in [0.1, 0.15) is 11.6 Å². The molecule has 2 rings (SSSR count). The highest BCUT2D eigenvalue weighted by molar-refractivity contribution is 14.0. The molecule has 1 heterocycles. The Balaban J connectivity index is 0.00000288. The Morgan fingerprint density at radius 1 is 1.33 bits per heavy atom. The third kappa shape index (κ3) is 6.51. The molecule has 1 fully saturated rings. The summed E-state index contributed by atoms with van der Waals surface area (Å²) in [4.78, 5) is 4.54. The predicted octanol–water partition coefficient (Wildman–Crippen LogP) is 3.25. The number of hydrogen-bond acceptors (Lipinski definition) is 2. The van der Waals surface area contributed by atoms with Gasteiger partial charge in [-0.25, -0.2) is 8.78 Å². The van der Waals surface area contributed by atoms with Crippen molar-refractivity contribution in [2.24, 2.45) is 4.99 Å². The lowest BCUT2D eigenvalue weighted by Crippen LogP contribution is -2.40. The van der Waals surface area contributed by atoms with Gasteiger partial charge < -0.3 is 15.4 Å². The maximum Gasteiger partial charge on any atom is 0.191 e. The van der Waals surface area contributed by atoms with Crippen LogP contribution in [0.25, 0.3) is 0 Å². The first-order valence-corrected chi connectivity index (χ1v) is 8.12. The molecule has 0 aromatic heterocycles. The van der Waals surface area contributed by atoms with E-state index in [2.05, 4.69) is 22.5 Å². The van der Waals surface area contributed by atoms with E-state index in [1.807, 2.05) is 6.92 Å². The highest BCUT2D eigenvalue weighted by Crippen LogP contribution is 2.24. The number of rotatable bonds is 6. The molecule has 1 atom stereocenters. The molecule has 1 saturated heterocycles. The maximum atomic E-state index is 13.6. The fraction of sp³-hybridized carbons (Fsp3) is 0.588. The van der Waals surface area contributed by atoms with E-state index in [1.54, 1.807) is 0 Å². The number of ether oxygens (including phenoxy) is 1. The normalized spacial score (nSPS) is 20.6.